The van der Waals surface area contributed by atoms with E-state index < -0.39 is 6.09 Å². The lowest BCUT2D eigenvalue weighted by Crippen LogP contribution is -2.37. The van der Waals surface area contributed by atoms with Crippen LogP contribution in [-0.2, 0) is 9.47 Å². The number of hydrogen-bond acceptors (Lipinski definition) is 7. The SMILES string of the molecule is O=C(O)Nc1ccc(-c2nc(N3CCOCC3)c3cnn(C4CCCCO4)c3n2)cc1. The molecule has 2 aliphatic heterocycles. The predicted molar refractivity (Wildman–Crippen MR) is 114 cm³/mol. The summed E-state index contributed by atoms with van der Waals surface area (Å²) in [7, 11) is 0. The zero-order valence-corrected chi connectivity index (χ0v) is 17.0. The molecule has 1 amide bonds. The zero-order valence-electron chi connectivity index (χ0n) is 17.0. The molecule has 5 rings (SSSR count). The third-order valence-corrected chi connectivity index (χ3v) is 5.57. The normalized spacial score (nSPS) is 19.5. The quantitative estimate of drug-likeness (QED) is 0.657. The van der Waals surface area contributed by atoms with Crippen LogP contribution in [-0.4, -0.2) is 63.9 Å². The molecule has 2 saturated heterocycles. The van der Waals surface area contributed by atoms with E-state index in [0.29, 0.717) is 24.7 Å². The molecule has 0 radical (unpaired) electrons. The molecule has 0 saturated carbocycles. The van der Waals surface area contributed by atoms with Crippen LogP contribution >= 0.6 is 0 Å². The van der Waals surface area contributed by atoms with Crippen molar-refractivity contribution in [1.82, 2.24) is 19.7 Å². The highest BCUT2D eigenvalue weighted by Gasteiger charge is 2.24. The van der Waals surface area contributed by atoms with Gasteiger partial charge in [0.15, 0.2) is 17.7 Å². The zero-order chi connectivity index (χ0) is 21.2. The lowest BCUT2D eigenvalue weighted by Gasteiger charge is -2.28. The standard InChI is InChI=1S/C21H24N6O4/c28-21(29)23-15-6-4-14(5-7-15)18-24-19(26-8-11-30-12-9-26)16-13-22-27(20(16)25-18)17-3-1-2-10-31-17/h4-7,13,17,23H,1-3,8-12H2,(H,28,29). The number of fused-ring (bicyclic) bond motifs is 1. The summed E-state index contributed by atoms with van der Waals surface area (Å²) < 4.78 is 13.3. The summed E-state index contributed by atoms with van der Waals surface area (Å²) in [4.78, 5) is 22.8. The molecule has 1 aromatic carbocycles. The summed E-state index contributed by atoms with van der Waals surface area (Å²) >= 11 is 0. The summed E-state index contributed by atoms with van der Waals surface area (Å²) in [5.74, 6) is 1.39. The van der Waals surface area contributed by atoms with Crippen LogP contribution in [0.1, 0.15) is 25.5 Å². The summed E-state index contributed by atoms with van der Waals surface area (Å²) in [5.41, 5.74) is 2.03. The molecular weight excluding hydrogens is 400 g/mol. The van der Waals surface area contributed by atoms with Crippen LogP contribution in [0.5, 0.6) is 0 Å². The molecule has 10 nitrogen and oxygen atoms in total. The van der Waals surface area contributed by atoms with Gasteiger partial charge in [-0.3, -0.25) is 5.32 Å². The Morgan fingerprint density at radius 1 is 1.10 bits per heavy atom. The van der Waals surface area contributed by atoms with E-state index in [1.54, 1.807) is 12.1 Å². The number of anilines is 2. The fraction of sp³-hybridized carbons (Fsp3) is 0.429. The fourth-order valence-corrected chi connectivity index (χ4v) is 4.01. The Kier molecular flexibility index (Phi) is 5.39. The molecule has 0 aliphatic carbocycles. The van der Waals surface area contributed by atoms with Crippen LogP contribution in [0.3, 0.4) is 0 Å². The number of nitrogens with zero attached hydrogens (tertiary/aromatic N) is 5. The minimum atomic E-state index is -1.10. The molecule has 0 bridgehead atoms. The maximum absolute atomic E-state index is 10.9. The van der Waals surface area contributed by atoms with Crippen molar-refractivity contribution in [2.75, 3.05) is 43.1 Å². The number of morpholine rings is 1. The van der Waals surface area contributed by atoms with E-state index in [1.807, 2.05) is 23.0 Å². The first-order chi connectivity index (χ1) is 15.2. The summed E-state index contributed by atoms with van der Waals surface area (Å²) in [6.07, 6.45) is 3.65. The molecule has 10 heteroatoms. The first kappa shape index (κ1) is 19.7. The molecule has 2 aliphatic rings. The van der Waals surface area contributed by atoms with Crippen molar-refractivity contribution in [1.29, 1.82) is 0 Å². The Labute approximate surface area is 178 Å². The Morgan fingerprint density at radius 3 is 2.61 bits per heavy atom. The van der Waals surface area contributed by atoms with Crippen molar-refractivity contribution in [3.8, 4) is 11.4 Å². The number of rotatable bonds is 4. The van der Waals surface area contributed by atoms with Crippen molar-refractivity contribution in [3.05, 3.63) is 30.5 Å². The number of benzene rings is 1. The summed E-state index contributed by atoms with van der Waals surface area (Å²) in [5, 5.41) is 16.8. The van der Waals surface area contributed by atoms with Crippen molar-refractivity contribution < 1.29 is 19.4 Å². The van der Waals surface area contributed by atoms with Gasteiger partial charge in [0.25, 0.3) is 0 Å². The van der Waals surface area contributed by atoms with Crippen LogP contribution in [0.25, 0.3) is 22.4 Å². The van der Waals surface area contributed by atoms with Gasteiger partial charge >= 0.3 is 6.09 Å². The average Bonchev–Trinajstić information content (AvgIpc) is 3.24. The van der Waals surface area contributed by atoms with E-state index in [1.165, 1.54) is 0 Å². The number of nitrogens with one attached hydrogen (secondary N) is 1. The molecule has 3 aromatic rings. The van der Waals surface area contributed by atoms with Crippen LogP contribution in [0.4, 0.5) is 16.3 Å². The number of aromatic nitrogens is 4. The van der Waals surface area contributed by atoms with Crippen molar-refractivity contribution >= 4 is 28.6 Å². The lowest BCUT2D eigenvalue weighted by atomic mass is 10.2. The Balaban J connectivity index is 1.59. The molecule has 0 spiro atoms. The number of hydrogen-bond donors (Lipinski definition) is 2. The number of carbonyl (C=O) groups is 1. The number of carboxylic acid groups (broad SMARTS) is 1. The Hall–Kier alpha value is -3.24. The lowest BCUT2D eigenvalue weighted by molar-refractivity contribution is -0.0370. The van der Waals surface area contributed by atoms with Gasteiger partial charge in [-0.25, -0.2) is 19.4 Å². The van der Waals surface area contributed by atoms with Crippen molar-refractivity contribution in [2.24, 2.45) is 0 Å². The molecular formula is C21H24N6O4. The monoisotopic (exact) mass is 424 g/mol. The van der Waals surface area contributed by atoms with Gasteiger partial charge in [-0.1, -0.05) is 0 Å². The van der Waals surface area contributed by atoms with Gasteiger partial charge in [0.2, 0.25) is 0 Å². The minimum absolute atomic E-state index is 0.131. The molecule has 2 N–H and O–H groups in total. The Bertz CT molecular complexity index is 1070. The van der Waals surface area contributed by atoms with Crippen LogP contribution < -0.4 is 10.2 Å². The van der Waals surface area contributed by atoms with Gasteiger partial charge in [-0.05, 0) is 43.5 Å². The highest BCUT2D eigenvalue weighted by Crippen LogP contribution is 2.32. The molecule has 2 aromatic heterocycles. The second kappa shape index (κ2) is 8.48. The predicted octanol–water partition coefficient (Wildman–Crippen LogP) is 3.12. The molecule has 4 heterocycles. The van der Waals surface area contributed by atoms with E-state index in [9.17, 15) is 4.79 Å². The van der Waals surface area contributed by atoms with E-state index in [0.717, 1.165) is 61.4 Å². The van der Waals surface area contributed by atoms with E-state index in [2.05, 4.69) is 15.3 Å². The van der Waals surface area contributed by atoms with Gasteiger partial charge in [0, 0.05) is 30.9 Å². The molecule has 31 heavy (non-hydrogen) atoms. The van der Waals surface area contributed by atoms with Gasteiger partial charge in [-0.2, -0.15) is 5.10 Å². The van der Waals surface area contributed by atoms with Gasteiger partial charge in [-0.15, -0.1) is 0 Å². The van der Waals surface area contributed by atoms with Crippen molar-refractivity contribution in [2.45, 2.75) is 25.5 Å². The highest BCUT2D eigenvalue weighted by molar-refractivity contribution is 5.89. The Morgan fingerprint density at radius 2 is 1.90 bits per heavy atom. The smallest absolute Gasteiger partial charge is 0.409 e. The molecule has 1 atom stereocenters. The third kappa shape index (κ3) is 4.04. The second-order valence-corrected chi connectivity index (χ2v) is 7.63. The summed E-state index contributed by atoms with van der Waals surface area (Å²) in [6, 6.07) is 7.03. The maximum atomic E-state index is 10.9. The summed E-state index contributed by atoms with van der Waals surface area (Å²) in [6.45, 7) is 3.51. The van der Waals surface area contributed by atoms with Crippen LogP contribution in [0.15, 0.2) is 30.5 Å². The number of ether oxygens (including phenoxy) is 2. The van der Waals surface area contributed by atoms with Gasteiger partial charge in [0.1, 0.15) is 5.82 Å². The first-order valence-electron chi connectivity index (χ1n) is 10.5. The molecule has 162 valence electrons. The van der Waals surface area contributed by atoms with Gasteiger partial charge in [0.05, 0.1) is 24.8 Å². The third-order valence-electron chi connectivity index (χ3n) is 5.57. The molecule has 2 fully saturated rings. The highest BCUT2D eigenvalue weighted by atomic mass is 16.5. The van der Waals surface area contributed by atoms with E-state index >= 15 is 0 Å². The number of amides is 1. The maximum Gasteiger partial charge on any atom is 0.409 e. The van der Waals surface area contributed by atoms with E-state index in [4.69, 9.17) is 24.5 Å². The fourth-order valence-electron chi connectivity index (χ4n) is 4.01. The largest absolute Gasteiger partial charge is 0.465 e. The topological polar surface area (TPSA) is 115 Å². The minimum Gasteiger partial charge on any atom is -0.465 e. The van der Waals surface area contributed by atoms with E-state index in [-0.39, 0.29) is 6.23 Å². The second-order valence-electron chi connectivity index (χ2n) is 7.63. The van der Waals surface area contributed by atoms with Crippen LogP contribution in [0.2, 0.25) is 0 Å². The van der Waals surface area contributed by atoms with Crippen molar-refractivity contribution in [3.63, 3.8) is 0 Å². The molecule has 1 unspecified atom stereocenters. The van der Waals surface area contributed by atoms with Crippen LogP contribution in [0, 0.1) is 0 Å². The average molecular weight is 424 g/mol. The first-order valence-corrected chi connectivity index (χ1v) is 10.5. The van der Waals surface area contributed by atoms with Gasteiger partial charge < -0.3 is 19.5 Å².